The zero-order valence-corrected chi connectivity index (χ0v) is 19.1. The Hall–Kier alpha value is -1.82. The van der Waals surface area contributed by atoms with Gasteiger partial charge in [0.25, 0.3) is 0 Å². The first-order valence-electron chi connectivity index (χ1n) is 11.6. The molecule has 1 amide bonds. The zero-order valence-electron chi connectivity index (χ0n) is 18.4. The van der Waals surface area contributed by atoms with Gasteiger partial charge in [-0.2, -0.15) is 0 Å². The molecule has 5 rings (SSSR count). The van der Waals surface area contributed by atoms with Crippen molar-refractivity contribution in [1.82, 2.24) is 14.7 Å². The lowest BCUT2D eigenvalue weighted by atomic mass is 9.90. The standard InChI is InChI=1S/C25H32ClN3O2/c1-27-10-3-11-29(15-14-27)24(30)22-17-25(22)8-12-28(13-9-25)18-21-6-7-23(31-21)19-4-2-5-20(26)16-19/h2,4-7,16,22H,3,8-15,17-18H2,1H3. The molecule has 3 aliphatic rings. The number of hydrogen-bond donors (Lipinski definition) is 0. The van der Waals surface area contributed by atoms with Gasteiger partial charge in [0, 0.05) is 36.1 Å². The zero-order chi connectivity index (χ0) is 21.4. The molecule has 2 aliphatic heterocycles. The van der Waals surface area contributed by atoms with Crippen LogP contribution < -0.4 is 0 Å². The van der Waals surface area contributed by atoms with E-state index in [0.29, 0.717) is 5.91 Å². The van der Waals surface area contributed by atoms with Crippen LogP contribution >= 0.6 is 11.6 Å². The van der Waals surface area contributed by atoms with E-state index in [9.17, 15) is 4.79 Å². The molecule has 2 saturated heterocycles. The van der Waals surface area contributed by atoms with Crippen molar-refractivity contribution in [3.05, 3.63) is 47.2 Å². The average Bonchev–Trinajstić information content (AvgIpc) is 3.35. The van der Waals surface area contributed by atoms with E-state index in [1.807, 2.05) is 30.3 Å². The Morgan fingerprint density at radius 2 is 1.94 bits per heavy atom. The molecule has 0 N–H and O–H groups in total. The van der Waals surface area contributed by atoms with Crippen molar-refractivity contribution in [3.8, 4) is 11.3 Å². The number of likely N-dealkylation sites (N-methyl/N-ethyl adjacent to an activating group) is 1. The number of piperidine rings is 1. The van der Waals surface area contributed by atoms with Gasteiger partial charge in [-0.05, 0) is 82.0 Å². The number of benzene rings is 1. The summed E-state index contributed by atoms with van der Waals surface area (Å²) >= 11 is 6.11. The quantitative estimate of drug-likeness (QED) is 0.706. The van der Waals surface area contributed by atoms with E-state index in [2.05, 4.69) is 27.8 Å². The van der Waals surface area contributed by atoms with Crippen LogP contribution in [0.3, 0.4) is 0 Å². The minimum Gasteiger partial charge on any atom is -0.460 e. The molecule has 166 valence electrons. The third kappa shape index (κ3) is 4.55. The highest BCUT2D eigenvalue weighted by Gasteiger charge is 2.59. The van der Waals surface area contributed by atoms with Gasteiger partial charge in [0.2, 0.25) is 5.91 Å². The second kappa shape index (κ2) is 8.61. The highest BCUT2D eigenvalue weighted by atomic mass is 35.5. The molecule has 1 aromatic heterocycles. The molecule has 3 fully saturated rings. The minimum atomic E-state index is 0.260. The van der Waals surface area contributed by atoms with Gasteiger partial charge in [0.15, 0.2) is 0 Å². The number of hydrogen-bond acceptors (Lipinski definition) is 4. The van der Waals surface area contributed by atoms with Gasteiger partial charge >= 0.3 is 0 Å². The van der Waals surface area contributed by atoms with Gasteiger partial charge in [0.1, 0.15) is 11.5 Å². The smallest absolute Gasteiger partial charge is 0.226 e. The van der Waals surface area contributed by atoms with Gasteiger partial charge < -0.3 is 14.2 Å². The average molecular weight is 442 g/mol. The van der Waals surface area contributed by atoms with Crippen molar-refractivity contribution in [1.29, 1.82) is 0 Å². The highest BCUT2D eigenvalue weighted by molar-refractivity contribution is 6.30. The Labute approximate surface area is 189 Å². The van der Waals surface area contributed by atoms with Crippen molar-refractivity contribution in [2.75, 3.05) is 46.3 Å². The number of likely N-dealkylation sites (tertiary alicyclic amines) is 1. The molecular formula is C25H32ClN3O2. The Balaban J connectivity index is 1.13. The number of halogens is 1. The van der Waals surface area contributed by atoms with Crippen molar-refractivity contribution in [2.24, 2.45) is 11.3 Å². The van der Waals surface area contributed by atoms with Gasteiger partial charge in [0.05, 0.1) is 6.54 Å². The van der Waals surface area contributed by atoms with Crippen molar-refractivity contribution < 1.29 is 9.21 Å². The summed E-state index contributed by atoms with van der Waals surface area (Å²) in [5.41, 5.74) is 1.27. The van der Waals surface area contributed by atoms with E-state index in [-0.39, 0.29) is 11.3 Å². The number of carbonyl (C=O) groups excluding carboxylic acids is 1. The number of nitrogens with zero attached hydrogens (tertiary/aromatic N) is 3. The van der Waals surface area contributed by atoms with Gasteiger partial charge in [-0.3, -0.25) is 9.69 Å². The lowest BCUT2D eigenvalue weighted by molar-refractivity contribution is -0.133. The summed E-state index contributed by atoms with van der Waals surface area (Å²) in [6, 6.07) is 11.9. The number of furan rings is 1. The molecular weight excluding hydrogens is 410 g/mol. The van der Waals surface area contributed by atoms with Crippen molar-refractivity contribution in [2.45, 2.75) is 32.2 Å². The summed E-state index contributed by atoms with van der Waals surface area (Å²) in [6.07, 6.45) is 4.43. The van der Waals surface area contributed by atoms with Crippen LogP contribution in [0, 0.1) is 11.3 Å². The predicted octanol–water partition coefficient (Wildman–Crippen LogP) is 4.37. The molecule has 2 aromatic rings. The molecule has 1 spiro atoms. The lowest BCUT2D eigenvalue weighted by Gasteiger charge is -2.33. The van der Waals surface area contributed by atoms with Crippen LogP contribution in [-0.2, 0) is 11.3 Å². The maximum absolute atomic E-state index is 13.1. The fraction of sp³-hybridized carbons (Fsp3) is 0.560. The molecule has 0 bridgehead atoms. The van der Waals surface area contributed by atoms with Crippen LogP contribution in [0.4, 0.5) is 0 Å². The molecule has 6 heteroatoms. The number of rotatable bonds is 4. The van der Waals surface area contributed by atoms with Gasteiger partial charge in [-0.15, -0.1) is 0 Å². The molecule has 1 saturated carbocycles. The van der Waals surface area contributed by atoms with E-state index in [1.54, 1.807) is 0 Å². The Kier molecular flexibility index (Phi) is 5.84. The largest absolute Gasteiger partial charge is 0.460 e. The second-order valence-electron chi connectivity index (χ2n) is 9.65. The van der Waals surface area contributed by atoms with E-state index in [1.165, 1.54) is 0 Å². The highest BCUT2D eigenvalue weighted by Crippen LogP contribution is 2.60. The summed E-state index contributed by atoms with van der Waals surface area (Å²) in [7, 11) is 2.15. The third-order valence-electron chi connectivity index (χ3n) is 7.52. The minimum absolute atomic E-state index is 0.260. The lowest BCUT2D eigenvalue weighted by Crippen LogP contribution is -2.39. The van der Waals surface area contributed by atoms with E-state index >= 15 is 0 Å². The SMILES string of the molecule is CN1CCCN(C(=O)C2CC23CCN(Cc2ccc(-c4cccc(Cl)c4)o2)CC3)CC1. The predicted molar refractivity (Wildman–Crippen MR) is 123 cm³/mol. The molecule has 0 radical (unpaired) electrons. The van der Waals surface area contributed by atoms with E-state index in [0.717, 1.165) is 93.6 Å². The van der Waals surface area contributed by atoms with Gasteiger partial charge in [-0.1, -0.05) is 23.7 Å². The normalized spacial score (nSPS) is 24.3. The Bertz CT molecular complexity index is 934. The summed E-state index contributed by atoms with van der Waals surface area (Å²) in [5, 5.41) is 0.720. The topological polar surface area (TPSA) is 39.9 Å². The Morgan fingerprint density at radius 1 is 1.10 bits per heavy atom. The molecule has 1 unspecified atom stereocenters. The van der Waals surface area contributed by atoms with Gasteiger partial charge in [-0.25, -0.2) is 0 Å². The van der Waals surface area contributed by atoms with E-state index in [4.69, 9.17) is 16.0 Å². The van der Waals surface area contributed by atoms with Crippen LogP contribution in [0.5, 0.6) is 0 Å². The van der Waals surface area contributed by atoms with Crippen LogP contribution in [-0.4, -0.2) is 66.9 Å². The number of carbonyl (C=O) groups is 1. The molecule has 3 heterocycles. The summed E-state index contributed by atoms with van der Waals surface area (Å²) in [5.74, 6) is 2.53. The Morgan fingerprint density at radius 3 is 2.74 bits per heavy atom. The molecule has 1 aliphatic carbocycles. The molecule has 1 atom stereocenters. The second-order valence-corrected chi connectivity index (χ2v) is 10.1. The van der Waals surface area contributed by atoms with Crippen LogP contribution in [0.2, 0.25) is 5.02 Å². The van der Waals surface area contributed by atoms with Crippen LogP contribution in [0.25, 0.3) is 11.3 Å². The first-order valence-corrected chi connectivity index (χ1v) is 11.9. The molecule has 31 heavy (non-hydrogen) atoms. The fourth-order valence-electron chi connectivity index (χ4n) is 5.37. The third-order valence-corrected chi connectivity index (χ3v) is 7.76. The van der Waals surface area contributed by atoms with Crippen LogP contribution in [0.15, 0.2) is 40.8 Å². The molecule has 5 nitrogen and oxygen atoms in total. The summed E-state index contributed by atoms with van der Waals surface area (Å²) in [6.45, 7) is 6.82. The molecule has 1 aromatic carbocycles. The first-order chi connectivity index (χ1) is 15.0. The van der Waals surface area contributed by atoms with Crippen LogP contribution in [0.1, 0.15) is 31.4 Å². The number of amides is 1. The maximum atomic E-state index is 13.1. The van der Waals surface area contributed by atoms with Crippen molar-refractivity contribution >= 4 is 17.5 Å². The van der Waals surface area contributed by atoms with E-state index < -0.39 is 0 Å². The first kappa shape index (κ1) is 21.0. The summed E-state index contributed by atoms with van der Waals surface area (Å²) in [4.78, 5) is 20.0. The monoisotopic (exact) mass is 441 g/mol. The van der Waals surface area contributed by atoms with Crippen molar-refractivity contribution in [3.63, 3.8) is 0 Å². The summed E-state index contributed by atoms with van der Waals surface area (Å²) < 4.78 is 6.09. The maximum Gasteiger partial charge on any atom is 0.226 e. The fourth-order valence-corrected chi connectivity index (χ4v) is 5.56.